The van der Waals surface area contributed by atoms with Crippen LogP contribution in [0, 0.1) is 0 Å². The van der Waals surface area contributed by atoms with Gasteiger partial charge in [-0.05, 0) is 40.3 Å². The molecule has 4 heteroatoms. The fourth-order valence-corrected chi connectivity index (χ4v) is 2.66. The molecule has 96 valence electrons. The highest BCUT2D eigenvalue weighted by Crippen LogP contribution is 2.23. The Balaban J connectivity index is 1.95. The van der Waals surface area contributed by atoms with Gasteiger partial charge in [-0.25, -0.2) is 4.98 Å². The van der Waals surface area contributed by atoms with Crippen molar-refractivity contribution in [3.8, 4) is 0 Å². The molecule has 1 atom stereocenters. The second-order valence-electron chi connectivity index (χ2n) is 5.08. The molecule has 0 bridgehead atoms. The highest BCUT2D eigenvalue weighted by molar-refractivity contribution is 4.97. The Hall–Kier alpha value is -0.870. The predicted octanol–water partition coefficient (Wildman–Crippen LogP) is 1.81. The Bertz CT molecular complexity index is 348. The van der Waals surface area contributed by atoms with E-state index in [-0.39, 0.29) is 0 Å². The zero-order valence-electron chi connectivity index (χ0n) is 11.1. The summed E-state index contributed by atoms with van der Waals surface area (Å²) in [5.41, 5.74) is 0. The number of likely N-dealkylation sites (tertiary alicyclic amines) is 1. The van der Waals surface area contributed by atoms with E-state index in [4.69, 9.17) is 4.42 Å². The molecule has 1 aliphatic heterocycles. The largest absolute Gasteiger partial charge is 0.444 e. The molecule has 0 aromatic carbocycles. The van der Waals surface area contributed by atoms with E-state index in [1.807, 2.05) is 13.2 Å². The first kappa shape index (κ1) is 12.6. The molecule has 0 amide bonds. The van der Waals surface area contributed by atoms with Crippen LogP contribution in [0.1, 0.15) is 38.3 Å². The third-order valence-corrected chi connectivity index (χ3v) is 3.45. The average molecular weight is 237 g/mol. The molecule has 1 unspecified atom stereocenters. The standard InChI is InChI=1S/C13H23N3O/c1-10(2)16-6-4-5-11(16)7-13-15-9-12(17-13)8-14-3/h9-11,14H,4-8H2,1-3H3. The van der Waals surface area contributed by atoms with Gasteiger partial charge in [0.25, 0.3) is 0 Å². The molecule has 0 radical (unpaired) electrons. The Morgan fingerprint density at radius 2 is 2.41 bits per heavy atom. The molecule has 1 aliphatic rings. The minimum Gasteiger partial charge on any atom is -0.444 e. The van der Waals surface area contributed by atoms with Crippen molar-refractivity contribution in [1.29, 1.82) is 0 Å². The van der Waals surface area contributed by atoms with Crippen LogP contribution in [0.3, 0.4) is 0 Å². The summed E-state index contributed by atoms with van der Waals surface area (Å²) in [6, 6.07) is 1.23. The van der Waals surface area contributed by atoms with Crippen molar-refractivity contribution >= 4 is 0 Å². The molecule has 1 saturated heterocycles. The van der Waals surface area contributed by atoms with Crippen LogP contribution in [0.4, 0.5) is 0 Å². The van der Waals surface area contributed by atoms with E-state index in [1.54, 1.807) is 0 Å². The summed E-state index contributed by atoms with van der Waals surface area (Å²) in [7, 11) is 1.92. The van der Waals surface area contributed by atoms with E-state index in [1.165, 1.54) is 19.4 Å². The molecular formula is C13H23N3O. The minimum absolute atomic E-state index is 0.607. The number of rotatable bonds is 5. The van der Waals surface area contributed by atoms with Crippen LogP contribution in [-0.2, 0) is 13.0 Å². The molecular weight excluding hydrogens is 214 g/mol. The number of hydrogen-bond acceptors (Lipinski definition) is 4. The van der Waals surface area contributed by atoms with E-state index < -0.39 is 0 Å². The van der Waals surface area contributed by atoms with E-state index in [2.05, 4.69) is 29.0 Å². The van der Waals surface area contributed by atoms with Crippen molar-refractivity contribution in [1.82, 2.24) is 15.2 Å². The zero-order chi connectivity index (χ0) is 12.3. The van der Waals surface area contributed by atoms with Gasteiger partial charge in [-0.1, -0.05) is 0 Å². The Morgan fingerprint density at radius 1 is 1.59 bits per heavy atom. The van der Waals surface area contributed by atoms with Crippen molar-refractivity contribution in [3.05, 3.63) is 17.8 Å². The third kappa shape index (κ3) is 3.07. The molecule has 1 fully saturated rings. The maximum atomic E-state index is 5.71. The SMILES string of the molecule is CNCc1cnc(CC2CCCN2C(C)C)o1. The molecule has 1 aromatic rings. The van der Waals surface area contributed by atoms with Gasteiger partial charge in [0, 0.05) is 18.5 Å². The minimum atomic E-state index is 0.607. The Kier molecular flexibility index (Phi) is 4.18. The average Bonchev–Trinajstić information content (AvgIpc) is 2.89. The molecule has 0 saturated carbocycles. The van der Waals surface area contributed by atoms with Crippen LogP contribution in [-0.4, -0.2) is 35.6 Å². The zero-order valence-corrected chi connectivity index (χ0v) is 11.1. The molecule has 2 rings (SSSR count). The van der Waals surface area contributed by atoms with Crippen molar-refractivity contribution in [3.63, 3.8) is 0 Å². The molecule has 4 nitrogen and oxygen atoms in total. The Morgan fingerprint density at radius 3 is 3.12 bits per heavy atom. The number of hydrogen-bond donors (Lipinski definition) is 1. The van der Waals surface area contributed by atoms with Gasteiger partial charge < -0.3 is 9.73 Å². The molecule has 1 aromatic heterocycles. The monoisotopic (exact) mass is 237 g/mol. The van der Waals surface area contributed by atoms with E-state index in [9.17, 15) is 0 Å². The van der Waals surface area contributed by atoms with Crippen molar-refractivity contribution in [2.75, 3.05) is 13.6 Å². The van der Waals surface area contributed by atoms with E-state index in [0.29, 0.717) is 12.1 Å². The topological polar surface area (TPSA) is 41.3 Å². The van der Waals surface area contributed by atoms with Gasteiger partial charge in [-0.2, -0.15) is 0 Å². The summed E-state index contributed by atoms with van der Waals surface area (Å²) < 4.78 is 5.71. The van der Waals surface area contributed by atoms with Gasteiger partial charge in [0.15, 0.2) is 5.89 Å². The number of aromatic nitrogens is 1. The first-order valence-electron chi connectivity index (χ1n) is 6.54. The fraction of sp³-hybridized carbons (Fsp3) is 0.769. The lowest BCUT2D eigenvalue weighted by atomic mass is 10.1. The summed E-state index contributed by atoms with van der Waals surface area (Å²) in [4.78, 5) is 6.92. The van der Waals surface area contributed by atoms with Crippen LogP contribution in [0.5, 0.6) is 0 Å². The molecule has 1 N–H and O–H groups in total. The lowest BCUT2D eigenvalue weighted by Crippen LogP contribution is -2.36. The summed E-state index contributed by atoms with van der Waals surface area (Å²) in [6.07, 6.45) is 5.34. The second kappa shape index (κ2) is 5.65. The smallest absolute Gasteiger partial charge is 0.195 e. The van der Waals surface area contributed by atoms with Gasteiger partial charge in [-0.3, -0.25) is 4.90 Å². The van der Waals surface area contributed by atoms with Gasteiger partial charge in [0.1, 0.15) is 5.76 Å². The molecule has 0 aliphatic carbocycles. The quantitative estimate of drug-likeness (QED) is 0.848. The van der Waals surface area contributed by atoms with Crippen molar-refractivity contribution in [2.45, 2.75) is 51.7 Å². The predicted molar refractivity (Wildman–Crippen MR) is 67.8 cm³/mol. The van der Waals surface area contributed by atoms with Gasteiger partial charge in [0.05, 0.1) is 12.7 Å². The summed E-state index contributed by atoms with van der Waals surface area (Å²) in [6.45, 7) is 6.50. The molecule has 0 spiro atoms. The first-order valence-corrected chi connectivity index (χ1v) is 6.54. The van der Waals surface area contributed by atoms with Crippen LogP contribution < -0.4 is 5.32 Å². The van der Waals surface area contributed by atoms with E-state index >= 15 is 0 Å². The van der Waals surface area contributed by atoms with Crippen molar-refractivity contribution < 1.29 is 4.42 Å². The maximum Gasteiger partial charge on any atom is 0.195 e. The van der Waals surface area contributed by atoms with Gasteiger partial charge in [0.2, 0.25) is 0 Å². The normalized spacial score (nSPS) is 21.5. The maximum absolute atomic E-state index is 5.71. The van der Waals surface area contributed by atoms with Crippen LogP contribution >= 0.6 is 0 Å². The van der Waals surface area contributed by atoms with Crippen LogP contribution in [0.25, 0.3) is 0 Å². The third-order valence-electron chi connectivity index (χ3n) is 3.45. The van der Waals surface area contributed by atoms with Crippen LogP contribution in [0.2, 0.25) is 0 Å². The summed E-state index contributed by atoms with van der Waals surface area (Å²) >= 11 is 0. The highest BCUT2D eigenvalue weighted by Gasteiger charge is 2.27. The van der Waals surface area contributed by atoms with E-state index in [0.717, 1.165) is 24.6 Å². The van der Waals surface area contributed by atoms with Gasteiger partial charge in [-0.15, -0.1) is 0 Å². The highest BCUT2D eigenvalue weighted by atomic mass is 16.4. The fourth-order valence-electron chi connectivity index (χ4n) is 2.66. The summed E-state index contributed by atoms with van der Waals surface area (Å²) in [5, 5.41) is 3.07. The molecule has 17 heavy (non-hydrogen) atoms. The van der Waals surface area contributed by atoms with Gasteiger partial charge >= 0.3 is 0 Å². The van der Waals surface area contributed by atoms with Crippen LogP contribution in [0.15, 0.2) is 10.6 Å². The lowest BCUT2D eigenvalue weighted by molar-refractivity contribution is 0.195. The molecule has 2 heterocycles. The number of nitrogens with one attached hydrogen (secondary N) is 1. The number of oxazole rings is 1. The Labute approximate surface area is 103 Å². The summed E-state index contributed by atoms with van der Waals surface area (Å²) in [5.74, 6) is 1.81. The number of nitrogens with zero attached hydrogens (tertiary/aromatic N) is 2. The lowest BCUT2D eigenvalue weighted by Gasteiger charge is -2.27. The first-order chi connectivity index (χ1) is 8.20. The van der Waals surface area contributed by atoms with Crippen molar-refractivity contribution in [2.24, 2.45) is 0 Å². The second-order valence-corrected chi connectivity index (χ2v) is 5.08.